The first-order chi connectivity index (χ1) is 10.6. The van der Waals surface area contributed by atoms with Gasteiger partial charge in [-0.05, 0) is 25.0 Å². The van der Waals surface area contributed by atoms with Crippen molar-refractivity contribution >= 4 is 11.8 Å². The fourth-order valence-electron chi connectivity index (χ4n) is 3.11. The van der Waals surface area contributed by atoms with E-state index in [-0.39, 0.29) is 30.2 Å². The van der Waals surface area contributed by atoms with Gasteiger partial charge in [0.2, 0.25) is 11.8 Å². The summed E-state index contributed by atoms with van der Waals surface area (Å²) in [6.07, 6.45) is 0.270. The molecule has 0 aromatic heterocycles. The molecule has 1 heterocycles. The Morgan fingerprint density at radius 2 is 2.14 bits per heavy atom. The maximum absolute atomic E-state index is 12.5. The zero-order valence-corrected chi connectivity index (χ0v) is 13.5. The highest BCUT2D eigenvalue weighted by atomic mass is 16.5. The molecular formula is C17H24N2O3. The first-order valence-electron chi connectivity index (χ1n) is 7.71. The molecule has 1 fully saturated rings. The van der Waals surface area contributed by atoms with Gasteiger partial charge in [-0.15, -0.1) is 0 Å². The molecule has 5 nitrogen and oxygen atoms in total. The van der Waals surface area contributed by atoms with Crippen LogP contribution in [0.3, 0.4) is 0 Å². The number of benzene rings is 1. The monoisotopic (exact) mass is 304 g/mol. The van der Waals surface area contributed by atoms with Crippen LogP contribution < -0.4 is 5.32 Å². The van der Waals surface area contributed by atoms with E-state index in [1.807, 2.05) is 43.0 Å². The van der Waals surface area contributed by atoms with E-state index in [0.717, 1.165) is 11.1 Å². The Balaban J connectivity index is 2.26. The molecule has 0 unspecified atom stereocenters. The summed E-state index contributed by atoms with van der Waals surface area (Å²) < 4.78 is 4.96. The van der Waals surface area contributed by atoms with Crippen LogP contribution in [-0.4, -0.2) is 43.5 Å². The molecule has 0 saturated carbocycles. The van der Waals surface area contributed by atoms with Crippen molar-refractivity contribution in [2.45, 2.75) is 26.3 Å². The van der Waals surface area contributed by atoms with E-state index in [2.05, 4.69) is 5.32 Å². The van der Waals surface area contributed by atoms with Crippen LogP contribution in [-0.2, 0) is 14.3 Å². The second-order valence-electron chi connectivity index (χ2n) is 5.58. The van der Waals surface area contributed by atoms with Gasteiger partial charge in [-0.25, -0.2) is 0 Å². The minimum absolute atomic E-state index is 0.0441. The highest BCUT2D eigenvalue weighted by Crippen LogP contribution is 2.39. The van der Waals surface area contributed by atoms with Gasteiger partial charge in [0, 0.05) is 26.6 Å². The summed E-state index contributed by atoms with van der Waals surface area (Å²) in [4.78, 5) is 26.6. The van der Waals surface area contributed by atoms with E-state index in [0.29, 0.717) is 19.7 Å². The molecule has 1 aromatic carbocycles. The number of nitrogens with one attached hydrogen (secondary N) is 1. The summed E-state index contributed by atoms with van der Waals surface area (Å²) in [6, 6.07) is 7.78. The van der Waals surface area contributed by atoms with Crippen LogP contribution >= 0.6 is 0 Å². The summed E-state index contributed by atoms with van der Waals surface area (Å²) in [5.74, 6) is -0.373. The van der Waals surface area contributed by atoms with Gasteiger partial charge >= 0.3 is 0 Å². The Hall–Kier alpha value is -1.88. The van der Waals surface area contributed by atoms with Gasteiger partial charge in [-0.2, -0.15) is 0 Å². The van der Waals surface area contributed by atoms with Crippen molar-refractivity contribution in [3.05, 3.63) is 35.4 Å². The maximum Gasteiger partial charge on any atom is 0.226 e. The standard InChI is InChI=1S/C17H24N2O3/c1-4-19-15(20)11-14(17(21)18-9-10-22-3)16(19)13-8-6-5-7-12(13)2/h5-8,14,16H,4,9-11H2,1-3H3,(H,18,21)/t14-,16+/m1/s1. The van der Waals surface area contributed by atoms with Crippen molar-refractivity contribution in [1.82, 2.24) is 10.2 Å². The zero-order chi connectivity index (χ0) is 16.1. The predicted molar refractivity (Wildman–Crippen MR) is 84.3 cm³/mol. The van der Waals surface area contributed by atoms with Crippen LogP contribution in [0, 0.1) is 12.8 Å². The number of likely N-dealkylation sites (tertiary alicyclic amines) is 1. The second-order valence-corrected chi connectivity index (χ2v) is 5.58. The summed E-state index contributed by atoms with van der Waals surface area (Å²) in [7, 11) is 1.60. The van der Waals surface area contributed by atoms with Crippen LogP contribution in [0.1, 0.15) is 30.5 Å². The molecule has 22 heavy (non-hydrogen) atoms. The molecule has 0 bridgehead atoms. The Bertz CT molecular complexity index is 544. The minimum Gasteiger partial charge on any atom is -0.383 e. The van der Waals surface area contributed by atoms with Crippen LogP contribution in [0.25, 0.3) is 0 Å². The van der Waals surface area contributed by atoms with Crippen LogP contribution in [0.15, 0.2) is 24.3 Å². The number of amides is 2. The van der Waals surface area contributed by atoms with E-state index in [1.165, 1.54) is 0 Å². The predicted octanol–water partition coefficient (Wildman–Crippen LogP) is 1.67. The molecule has 1 saturated heterocycles. The van der Waals surface area contributed by atoms with E-state index in [1.54, 1.807) is 7.11 Å². The van der Waals surface area contributed by atoms with E-state index in [4.69, 9.17) is 4.74 Å². The van der Waals surface area contributed by atoms with E-state index >= 15 is 0 Å². The molecule has 1 aliphatic rings. The lowest BCUT2D eigenvalue weighted by Gasteiger charge is -2.28. The summed E-state index contributed by atoms with van der Waals surface area (Å²) in [5, 5.41) is 2.87. The normalized spacial score (nSPS) is 21.2. The third-order valence-electron chi connectivity index (χ3n) is 4.22. The Labute approximate surface area is 131 Å². The smallest absolute Gasteiger partial charge is 0.226 e. The first-order valence-corrected chi connectivity index (χ1v) is 7.71. The number of ether oxygens (including phenoxy) is 1. The Morgan fingerprint density at radius 3 is 2.77 bits per heavy atom. The highest BCUT2D eigenvalue weighted by molar-refractivity contribution is 5.90. The van der Waals surface area contributed by atoms with Crippen molar-refractivity contribution < 1.29 is 14.3 Å². The van der Waals surface area contributed by atoms with Crippen molar-refractivity contribution in [3.8, 4) is 0 Å². The van der Waals surface area contributed by atoms with Crippen molar-refractivity contribution in [3.63, 3.8) is 0 Å². The SMILES string of the molecule is CCN1C(=O)C[C@@H](C(=O)NCCOC)[C@@H]1c1ccccc1C. The fourth-order valence-corrected chi connectivity index (χ4v) is 3.11. The topological polar surface area (TPSA) is 58.6 Å². The van der Waals surface area contributed by atoms with Gasteiger partial charge in [-0.3, -0.25) is 9.59 Å². The average molecular weight is 304 g/mol. The van der Waals surface area contributed by atoms with Gasteiger partial charge in [0.05, 0.1) is 18.6 Å². The third kappa shape index (κ3) is 3.30. The average Bonchev–Trinajstić information content (AvgIpc) is 2.84. The van der Waals surface area contributed by atoms with Crippen molar-refractivity contribution in [1.29, 1.82) is 0 Å². The summed E-state index contributed by atoms with van der Waals surface area (Å²) in [5.41, 5.74) is 2.16. The van der Waals surface area contributed by atoms with Gasteiger partial charge in [0.1, 0.15) is 0 Å². The molecule has 2 rings (SSSR count). The van der Waals surface area contributed by atoms with E-state index < -0.39 is 0 Å². The van der Waals surface area contributed by atoms with Gasteiger partial charge in [-0.1, -0.05) is 24.3 Å². The maximum atomic E-state index is 12.5. The van der Waals surface area contributed by atoms with E-state index in [9.17, 15) is 9.59 Å². The van der Waals surface area contributed by atoms with Crippen LogP contribution in [0.2, 0.25) is 0 Å². The highest BCUT2D eigenvalue weighted by Gasteiger charge is 2.44. The lowest BCUT2D eigenvalue weighted by Crippen LogP contribution is -2.37. The lowest BCUT2D eigenvalue weighted by atomic mass is 9.90. The number of carbonyl (C=O) groups excluding carboxylic acids is 2. The fraction of sp³-hybridized carbons (Fsp3) is 0.529. The number of methoxy groups -OCH3 is 1. The van der Waals surface area contributed by atoms with Crippen molar-refractivity contribution in [2.24, 2.45) is 5.92 Å². The molecule has 5 heteroatoms. The van der Waals surface area contributed by atoms with Gasteiger partial charge < -0.3 is 15.0 Å². The van der Waals surface area contributed by atoms with Crippen molar-refractivity contribution in [2.75, 3.05) is 26.8 Å². The molecule has 1 aliphatic heterocycles. The number of nitrogens with zero attached hydrogens (tertiary/aromatic N) is 1. The summed E-state index contributed by atoms with van der Waals surface area (Å²) >= 11 is 0. The molecule has 2 atom stereocenters. The molecule has 2 amide bonds. The zero-order valence-electron chi connectivity index (χ0n) is 13.5. The molecule has 1 N–H and O–H groups in total. The number of rotatable bonds is 6. The molecule has 0 spiro atoms. The lowest BCUT2D eigenvalue weighted by molar-refractivity contribution is -0.129. The first kappa shape index (κ1) is 16.5. The molecule has 0 aliphatic carbocycles. The number of hydrogen-bond donors (Lipinski definition) is 1. The van der Waals surface area contributed by atoms with Gasteiger partial charge in [0.25, 0.3) is 0 Å². The number of hydrogen-bond acceptors (Lipinski definition) is 3. The second kappa shape index (κ2) is 7.40. The quantitative estimate of drug-likeness (QED) is 0.813. The van der Waals surface area contributed by atoms with Crippen LogP contribution in [0.5, 0.6) is 0 Å². The minimum atomic E-state index is -0.342. The Morgan fingerprint density at radius 1 is 1.41 bits per heavy atom. The number of aryl methyl sites for hydroxylation is 1. The van der Waals surface area contributed by atoms with Crippen LogP contribution in [0.4, 0.5) is 0 Å². The molecule has 120 valence electrons. The number of carbonyl (C=O) groups is 2. The molecule has 1 aromatic rings. The third-order valence-corrected chi connectivity index (χ3v) is 4.22. The van der Waals surface area contributed by atoms with Gasteiger partial charge in [0.15, 0.2) is 0 Å². The Kier molecular flexibility index (Phi) is 5.55. The molecule has 0 radical (unpaired) electrons. The molecular weight excluding hydrogens is 280 g/mol. The largest absolute Gasteiger partial charge is 0.383 e. The summed E-state index contributed by atoms with van der Waals surface area (Å²) in [6.45, 7) is 5.52.